The normalized spacial score (nSPS) is 14.9. The SMILES string of the molecule is COc1ccc(N2CCN(CCNC(=O)c3ccccc3C)CC2)cc1. The lowest BCUT2D eigenvalue weighted by molar-refractivity contribution is 0.0947. The van der Waals surface area contributed by atoms with Gasteiger partial charge in [-0.1, -0.05) is 18.2 Å². The molecule has 1 fully saturated rings. The molecule has 1 saturated heterocycles. The van der Waals surface area contributed by atoms with Crippen LogP contribution in [0, 0.1) is 6.92 Å². The highest BCUT2D eigenvalue weighted by atomic mass is 16.5. The van der Waals surface area contributed by atoms with E-state index >= 15 is 0 Å². The van der Waals surface area contributed by atoms with E-state index in [0.29, 0.717) is 6.54 Å². The number of nitrogens with zero attached hydrogens (tertiary/aromatic N) is 2. The number of rotatable bonds is 6. The van der Waals surface area contributed by atoms with Gasteiger partial charge in [0.15, 0.2) is 0 Å². The number of methoxy groups -OCH3 is 1. The second-order valence-electron chi connectivity index (χ2n) is 6.60. The van der Waals surface area contributed by atoms with Crippen molar-refractivity contribution in [2.75, 3.05) is 51.3 Å². The van der Waals surface area contributed by atoms with E-state index in [1.807, 2.05) is 43.3 Å². The zero-order valence-corrected chi connectivity index (χ0v) is 15.6. The zero-order valence-electron chi connectivity index (χ0n) is 15.6. The second-order valence-corrected chi connectivity index (χ2v) is 6.60. The number of hydrogen-bond acceptors (Lipinski definition) is 4. The van der Waals surface area contributed by atoms with Gasteiger partial charge in [0.05, 0.1) is 7.11 Å². The topological polar surface area (TPSA) is 44.8 Å². The Labute approximate surface area is 155 Å². The third kappa shape index (κ3) is 4.55. The second kappa shape index (κ2) is 8.72. The lowest BCUT2D eigenvalue weighted by Crippen LogP contribution is -2.48. The molecule has 0 saturated carbocycles. The fourth-order valence-electron chi connectivity index (χ4n) is 3.27. The molecule has 2 aromatic carbocycles. The summed E-state index contributed by atoms with van der Waals surface area (Å²) in [6.45, 7) is 7.53. The fraction of sp³-hybridized carbons (Fsp3) is 0.381. The van der Waals surface area contributed by atoms with Gasteiger partial charge in [0.1, 0.15) is 5.75 Å². The maximum atomic E-state index is 12.2. The quantitative estimate of drug-likeness (QED) is 0.867. The van der Waals surface area contributed by atoms with Crippen LogP contribution < -0.4 is 15.0 Å². The van der Waals surface area contributed by atoms with Gasteiger partial charge in [0.25, 0.3) is 5.91 Å². The van der Waals surface area contributed by atoms with Gasteiger partial charge in [0.2, 0.25) is 0 Å². The van der Waals surface area contributed by atoms with E-state index in [-0.39, 0.29) is 5.91 Å². The number of carbonyl (C=O) groups excluding carboxylic acids is 1. The third-order valence-electron chi connectivity index (χ3n) is 4.91. The maximum Gasteiger partial charge on any atom is 0.251 e. The lowest BCUT2D eigenvalue weighted by Gasteiger charge is -2.36. The van der Waals surface area contributed by atoms with Gasteiger partial charge in [-0.25, -0.2) is 0 Å². The first-order valence-electron chi connectivity index (χ1n) is 9.12. The predicted octanol–water partition coefficient (Wildman–Crippen LogP) is 2.56. The Morgan fingerprint density at radius 3 is 2.38 bits per heavy atom. The minimum Gasteiger partial charge on any atom is -0.497 e. The summed E-state index contributed by atoms with van der Waals surface area (Å²) in [7, 11) is 1.69. The van der Waals surface area contributed by atoms with Crippen molar-refractivity contribution in [1.29, 1.82) is 0 Å². The van der Waals surface area contributed by atoms with Gasteiger partial charge in [-0.2, -0.15) is 0 Å². The molecule has 1 amide bonds. The molecule has 1 aliphatic heterocycles. The molecule has 0 aromatic heterocycles. The van der Waals surface area contributed by atoms with Gasteiger partial charge in [-0.3, -0.25) is 9.69 Å². The monoisotopic (exact) mass is 353 g/mol. The Bertz CT molecular complexity index is 722. The molecular formula is C21H27N3O2. The van der Waals surface area contributed by atoms with Crippen molar-refractivity contribution >= 4 is 11.6 Å². The van der Waals surface area contributed by atoms with Crippen LogP contribution in [0.25, 0.3) is 0 Å². The summed E-state index contributed by atoms with van der Waals surface area (Å²) in [5, 5.41) is 3.03. The van der Waals surface area contributed by atoms with E-state index in [1.165, 1.54) is 5.69 Å². The van der Waals surface area contributed by atoms with Crippen molar-refractivity contribution in [3.63, 3.8) is 0 Å². The highest BCUT2D eigenvalue weighted by molar-refractivity contribution is 5.95. The first-order valence-corrected chi connectivity index (χ1v) is 9.12. The van der Waals surface area contributed by atoms with Gasteiger partial charge in [0, 0.05) is 50.5 Å². The molecule has 0 unspecified atom stereocenters. The molecule has 5 heteroatoms. The standard InChI is InChI=1S/C21H27N3O2/c1-17-5-3-4-6-20(17)21(25)22-11-12-23-13-15-24(16-14-23)18-7-9-19(26-2)10-8-18/h3-10H,11-16H2,1-2H3,(H,22,25). The molecule has 1 heterocycles. The van der Waals surface area contributed by atoms with Crippen molar-refractivity contribution in [2.45, 2.75) is 6.92 Å². The Kier molecular flexibility index (Phi) is 6.12. The minimum absolute atomic E-state index is 0.0139. The van der Waals surface area contributed by atoms with Crippen LogP contribution in [0.15, 0.2) is 48.5 Å². The number of amides is 1. The molecule has 2 aromatic rings. The number of hydrogen-bond donors (Lipinski definition) is 1. The van der Waals surface area contributed by atoms with E-state index in [1.54, 1.807) is 7.11 Å². The van der Waals surface area contributed by atoms with Crippen molar-refractivity contribution in [3.05, 3.63) is 59.7 Å². The maximum absolute atomic E-state index is 12.2. The third-order valence-corrected chi connectivity index (χ3v) is 4.91. The molecule has 26 heavy (non-hydrogen) atoms. The molecule has 1 aliphatic rings. The van der Waals surface area contributed by atoms with E-state index in [2.05, 4.69) is 27.2 Å². The summed E-state index contributed by atoms with van der Waals surface area (Å²) < 4.78 is 5.22. The van der Waals surface area contributed by atoms with Crippen molar-refractivity contribution in [1.82, 2.24) is 10.2 Å². The van der Waals surface area contributed by atoms with Crippen LogP contribution in [0.3, 0.4) is 0 Å². The number of carbonyl (C=O) groups is 1. The Balaban J connectivity index is 1.41. The summed E-state index contributed by atoms with van der Waals surface area (Å²) in [4.78, 5) is 17.0. The average Bonchev–Trinajstić information content (AvgIpc) is 2.69. The first kappa shape index (κ1) is 18.3. The Hall–Kier alpha value is -2.53. The Morgan fingerprint density at radius 1 is 1.04 bits per heavy atom. The van der Waals surface area contributed by atoms with Crippen molar-refractivity contribution < 1.29 is 9.53 Å². The van der Waals surface area contributed by atoms with Crippen LogP contribution in [0.5, 0.6) is 5.75 Å². The molecule has 0 aliphatic carbocycles. The van der Waals surface area contributed by atoms with Gasteiger partial charge in [-0.05, 0) is 42.8 Å². The molecule has 138 valence electrons. The van der Waals surface area contributed by atoms with Crippen molar-refractivity contribution in [2.24, 2.45) is 0 Å². The number of anilines is 1. The number of piperazine rings is 1. The zero-order chi connectivity index (χ0) is 18.4. The van der Waals surface area contributed by atoms with E-state index in [4.69, 9.17) is 4.74 Å². The molecule has 1 N–H and O–H groups in total. The molecule has 0 spiro atoms. The number of benzene rings is 2. The van der Waals surface area contributed by atoms with Crippen LogP contribution in [0.1, 0.15) is 15.9 Å². The van der Waals surface area contributed by atoms with Crippen LogP contribution in [-0.2, 0) is 0 Å². The van der Waals surface area contributed by atoms with Crippen molar-refractivity contribution in [3.8, 4) is 5.75 Å². The fourth-order valence-corrected chi connectivity index (χ4v) is 3.27. The summed E-state index contributed by atoms with van der Waals surface area (Å²) in [6.07, 6.45) is 0. The summed E-state index contributed by atoms with van der Waals surface area (Å²) >= 11 is 0. The van der Waals surface area contributed by atoms with E-state index in [9.17, 15) is 4.79 Å². The number of nitrogens with one attached hydrogen (secondary N) is 1. The van der Waals surface area contributed by atoms with Crippen LogP contribution in [0.4, 0.5) is 5.69 Å². The van der Waals surface area contributed by atoms with Gasteiger partial charge >= 0.3 is 0 Å². The van der Waals surface area contributed by atoms with Crippen LogP contribution in [0.2, 0.25) is 0 Å². The van der Waals surface area contributed by atoms with Gasteiger partial charge < -0.3 is 15.0 Å². The lowest BCUT2D eigenvalue weighted by atomic mass is 10.1. The molecule has 5 nitrogen and oxygen atoms in total. The minimum atomic E-state index is 0.0139. The predicted molar refractivity (Wildman–Crippen MR) is 105 cm³/mol. The Morgan fingerprint density at radius 2 is 1.73 bits per heavy atom. The molecule has 0 atom stereocenters. The van der Waals surface area contributed by atoms with Crippen LogP contribution in [-0.4, -0.2) is 57.2 Å². The van der Waals surface area contributed by atoms with E-state index in [0.717, 1.165) is 49.6 Å². The summed E-state index contributed by atoms with van der Waals surface area (Å²) in [5.41, 5.74) is 3.01. The summed E-state index contributed by atoms with van der Waals surface area (Å²) in [5.74, 6) is 0.900. The largest absolute Gasteiger partial charge is 0.497 e. The van der Waals surface area contributed by atoms with Crippen LogP contribution >= 0.6 is 0 Å². The number of aryl methyl sites for hydroxylation is 1. The molecule has 3 rings (SSSR count). The molecular weight excluding hydrogens is 326 g/mol. The molecule has 0 bridgehead atoms. The highest BCUT2D eigenvalue weighted by Crippen LogP contribution is 2.20. The highest BCUT2D eigenvalue weighted by Gasteiger charge is 2.17. The van der Waals surface area contributed by atoms with Gasteiger partial charge in [-0.15, -0.1) is 0 Å². The first-order chi connectivity index (χ1) is 12.7. The number of ether oxygens (including phenoxy) is 1. The summed E-state index contributed by atoms with van der Waals surface area (Å²) in [6, 6.07) is 15.9. The molecule has 0 radical (unpaired) electrons. The smallest absolute Gasteiger partial charge is 0.251 e. The van der Waals surface area contributed by atoms with E-state index < -0.39 is 0 Å². The average molecular weight is 353 g/mol.